The van der Waals surface area contributed by atoms with E-state index in [2.05, 4.69) is 26.7 Å². The standard InChI is InChI=1S/C19H19N5O3S2/c1-2-10-24-16-9-8-14(29(20,25)26)11-15(16)21-19(24)28-12-17-22-23-18(27-17)13-6-4-3-5-7-13/h3-9,11H,2,10,12H2,1H3,(H2,20,25,26). The summed E-state index contributed by atoms with van der Waals surface area (Å²) in [4.78, 5) is 4.65. The van der Waals surface area contributed by atoms with Gasteiger partial charge in [-0.05, 0) is 36.8 Å². The summed E-state index contributed by atoms with van der Waals surface area (Å²) in [6.07, 6.45) is 0.911. The molecule has 0 fully saturated rings. The molecule has 0 aliphatic rings. The van der Waals surface area contributed by atoms with E-state index < -0.39 is 10.0 Å². The smallest absolute Gasteiger partial charge is 0.247 e. The number of sulfonamides is 1. The molecular formula is C19H19N5O3S2. The fraction of sp³-hybridized carbons (Fsp3) is 0.211. The predicted molar refractivity (Wildman–Crippen MR) is 111 cm³/mol. The van der Waals surface area contributed by atoms with Gasteiger partial charge in [0.1, 0.15) is 0 Å². The number of primary sulfonamides is 1. The Hall–Kier alpha value is -2.69. The van der Waals surface area contributed by atoms with E-state index in [1.165, 1.54) is 23.9 Å². The van der Waals surface area contributed by atoms with Gasteiger partial charge in [-0.25, -0.2) is 18.5 Å². The van der Waals surface area contributed by atoms with Crippen LogP contribution in [0, 0.1) is 0 Å². The van der Waals surface area contributed by atoms with Gasteiger partial charge in [0.2, 0.25) is 21.8 Å². The van der Waals surface area contributed by atoms with E-state index in [9.17, 15) is 8.42 Å². The lowest BCUT2D eigenvalue weighted by atomic mass is 10.2. The SMILES string of the molecule is CCCn1c(SCc2nnc(-c3ccccc3)o2)nc2cc(S(N)(=O)=O)ccc21. The van der Waals surface area contributed by atoms with E-state index in [0.29, 0.717) is 23.1 Å². The molecule has 8 nitrogen and oxygen atoms in total. The van der Waals surface area contributed by atoms with Crippen molar-refractivity contribution in [1.29, 1.82) is 0 Å². The molecule has 0 aliphatic carbocycles. The zero-order valence-electron chi connectivity index (χ0n) is 15.6. The van der Waals surface area contributed by atoms with E-state index in [-0.39, 0.29) is 4.90 Å². The monoisotopic (exact) mass is 429 g/mol. The molecule has 4 aromatic rings. The van der Waals surface area contributed by atoms with Gasteiger partial charge in [-0.2, -0.15) is 0 Å². The van der Waals surface area contributed by atoms with Crippen molar-refractivity contribution in [2.45, 2.75) is 35.7 Å². The van der Waals surface area contributed by atoms with Crippen molar-refractivity contribution in [3.63, 3.8) is 0 Å². The molecule has 0 radical (unpaired) electrons. The first-order chi connectivity index (χ1) is 14.0. The first-order valence-corrected chi connectivity index (χ1v) is 11.5. The van der Waals surface area contributed by atoms with E-state index in [4.69, 9.17) is 9.56 Å². The topological polar surface area (TPSA) is 117 Å². The van der Waals surface area contributed by atoms with Gasteiger partial charge in [-0.3, -0.25) is 0 Å². The summed E-state index contributed by atoms with van der Waals surface area (Å²) >= 11 is 1.46. The first-order valence-electron chi connectivity index (χ1n) is 8.99. The molecule has 0 unspecified atom stereocenters. The van der Waals surface area contributed by atoms with Crippen molar-refractivity contribution >= 4 is 32.8 Å². The maximum Gasteiger partial charge on any atom is 0.247 e. The van der Waals surface area contributed by atoms with Crippen LogP contribution < -0.4 is 5.14 Å². The summed E-state index contributed by atoms with van der Waals surface area (Å²) in [6.45, 7) is 2.83. The largest absolute Gasteiger partial charge is 0.420 e. The van der Waals surface area contributed by atoms with Gasteiger partial charge in [0.05, 0.1) is 21.7 Å². The summed E-state index contributed by atoms with van der Waals surface area (Å²) in [5.41, 5.74) is 2.31. The lowest BCUT2D eigenvalue weighted by Gasteiger charge is -2.06. The van der Waals surface area contributed by atoms with Crippen LogP contribution in [0.1, 0.15) is 19.2 Å². The Bertz CT molecular complexity index is 1250. The number of thioether (sulfide) groups is 1. The highest BCUT2D eigenvalue weighted by Crippen LogP contribution is 2.29. The van der Waals surface area contributed by atoms with E-state index in [0.717, 1.165) is 29.2 Å². The molecule has 2 heterocycles. The van der Waals surface area contributed by atoms with Crippen LogP contribution in [0.3, 0.4) is 0 Å². The van der Waals surface area contributed by atoms with Crippen molar-refractivity contribution in [2.24, 2.45) is 5.14 Å². The first kappa shape index (κ1) is 19.6. The Morgan fingerprint density at radius 2 is 1.93 bits per heavy atom. The van der Waals surface area contributed by atoms with Crippen molar-refractivity contribution < 1.29 is 12.8 Å². The van der Waals surface area contributed by atoms with E-state index in [1.54, 1.807) is 6.07 Å². The van der Waals surface area contributed by atoms with Crippen LogP contribution in [0.5, 0.6) is 0 Å². The number of hydrogen-bond donors (Lipinski definition) is 1. The highest BCUT2D eigenvalue weighted by Gasteiger charge is 2.16. The minimum atomic E-state index is -3.78. The number of imidazole rings is 1. The maximum atomic E-state index is 11.6. The van der Waals surface area contributed by atoms with E-state index >= 15 is 0 Å². The molecular weight excluding hydrogens is 410 g/mol. The van der Waals surface area contributed by atoms with Gasteiger partial charge >= 0.3 is 0 Å². The van der Waals surface area contributed by atoms with Crippen LogP contribution in [-0.4, -0.2) is 28.2 Å². The lowest BCUT2D eigenvalue weighted by Crippen LogP contribution is -2.11. The summed E-state index contributed by atoms with van der Waals surface area (Å²) in [5, 5.41) is 14.2. The summed E-state index contributed by atoms with van der Waals surface area (Å²) in [5.74, 6) is 1.42. The highest BCUT2D eigenvalue weighted by atomic mass is 32.2. The normalized spacial score (nSPS) is 11.9. The van der Waals surface area contributed by atoms with Gasteiger partial charge in [0.25, 0.3) is 0 Å². The number of nitrogens with zero attached hydrogens (tertiary/aromatic N) is 4. The summed E-state index contributed by atoms with van der Waals surface area (Å²) < 4.78 is 31.1. The average molecular weight is 430 g/mol. The van der Waals surface area contributed by atoms with Crippen LogP contribution in [0.2, 0.25) is 0 Å². The number of benzene rings is 2. The number of rotatable bonds is 7. The number of aryl methyl sites for hydroxylation is 1. The van der Waals surface area contributed by atoms with Crippen molar-refractivity contribution in [1.82, 2.24) is 19.7 Å². The van der Waals surface area contributed by atoms with E-state index in [1.807, 2.05) is 30.3 Å². The molecule has 0 amide bonds. The minimum absolute atomic E-state index is 0.0482. The molecule has 0 saturated heterocycles. The van der Waals surface area contributed by atoms with Crippen molar-refractivity contribution in [2.75, 3.05) is 0 Å². The molecule has 10 heteroatoms. The van der Waals surface area contributed by atoms with Gasteiger partial charge in [0.15, 0.2) is 5.16 Å². The van der Waals surface area contributed by atoms with Gasteiger partial charge < -0.3 is 8.98 Å². The molecule has 2 aromatic carbocycles. The Balaban J connectivity index is 1.60. The minimum Gasteiger partial charge on any atom is -0.420 e. The molecule has 0 spiro atoms. The van der Waals surface area contributed by atoms with Gasteiger partial charge in [0, 0.05) is 12.1 Å². The Kier molecular flexibility index (Phi) is 5.39. The molecule has 2 N–H and O–H groups in total. The summed E-state index contributed by atoms with van der Waals surface area (Å²) in [6, 6.07) is 14.3. The van der Waals surface area contributed by atoms with Gasteiger partial charge in [-0.1, -0.05) is 36.9 Å². The molecule has 0 saturated carbocycles. The van der Waals surface area contributed by atoms with Crippen LogP contribution >= 0.6 is 11.8 Å². The molecule has 29 heavy (non-hydrogen) atoms. The maximum absolute atomic E-state index is 11.6. The predicted octanol–water partition coefficient (Wildman–Crippen LogP) is 3.44. The van der Waals surface area contributed by atoms with Crippen molar-refractivity contribution in [3.8, 4) is 11.5 Å². The quantitative estimate of drug-likeness (QED) is 0.447. The second kappa shape index (κ2) is 7.97. The average Bonchev–Trinajstić information content (AvgIpc) is 3.31. The Morgan fingerprint density at radius 3 is 2.66 bits per heavy atom. The van der Waals surface area contributed by atoms with Crippen molar-refractivity contribution in [3.05, 3.63) is 54.4 Å². The molecule has 2 aromatic heterocycles. The van der Waals surface area contributed by atoms with Crippen LogP contribution in [0.25, 0.3) is 22.5 Å². The highest BCUT2D eigenvalue weighted by molar-refractivity contribution is 7.98. The second-order valence-electron chi connectivity index (χ2n) is 6.40. The number of fused-ring (bicyclic) bond motifs is 1. The number of nitrogens with two attached hydrogens (primary N) is 1. The zero-order valence-corrected chi connectivity index (χ0v) is 17.3. The van der Waals surface area contributed by atoms with Crippen LogP contribution in [0.15, 0.2) is 63.0 Å². The second-order valence-corrected chi connectivity index (χ2v) is 8.90. The molecule has 0 bridgehead atoms. The Morgan fingerprint density at radius 1 is 1.14 bits per heavy atom. The number of hydrogen-bond acceptors (Lipinski definition) is 7. The third-order valence-corrected chi connectivity index (χ3v) is 6.14. The molecule has 0 atom stereocenters. The third-order valence-electron chi connectivity index (χ3n) is 4.27. The van der Waals surface area contributed by atoms with Crippen LogP contribution in [0.4, 0.5) is 0 Å². The molecule has 4 rings (SSSR count). The Labute approximate surface area is 172 Å². The fourth-order valence-electron chi connectivity index (χ4n) is 2.95. The number of aromatic nitrogens is 4. The molecule has 0 aliphatic heterocycles. The molecule has 150 valence electrons. The lowest BCUT2D eigenvalue weighted by molar-refractivity contribution is 0.528. The van der Waals surface area contributed by atoms with Crippen LogP contribution in [-0.2, 0) is 22.3 Å². The zero-order chi connectivity index (χ0) is 20.4. The third kappa shape index (κ3) is 4.19. The van der Waals surface area contributed by atoms with Gasteiger partial charge in [-0.15, -0.1) is 10.2 Å². The summed E-state index contributed by atoms with van der Waals surface area (Å²) in [7, 11) is -3.78. The fourth-order valence-corrected chi connectivity index (χ4v) is 4.36.